The van der Waals surface area contributed by atoms with E-state index in [0.29, 0.717) is 5.92 Å². The van der Waals surface area contributed by atoms with Crippen LogP contribution in [-0.4, -0.2) is 6.26 Å². The van der Waals surface area contributed by atoms with Crippen molar-refractivity contribution in [2.45, 2.75) is 36.5 Å². The summed E-state index contributed by atoms with van der Waals surface area (Å²) in [6.07, 6.45) is 3.25. The highest BCUT2D eigenvalue weighted by Gasteiger charge is 2.11. The molecule has 20 heavy (non-hydrogen) atoms. The Morgan fingerprint density at radius 2 is 1.35 bits per heavy atom. The molecule has 2 rings (SSSR count). The lowest BCUT2D eigenvalue weighted by Gasteiger charge is -2.13. The Balaban J connectivity index is 2.17. The van der Waals surface area contributed by atoms with E-state index in [-0.39, 0.29) is 5.38 Å². The van der Waals surface area contributed by atoms with E-state index in [1.54, 1.807) is 11.8 Å². The fourth-order valence-corrected chi connectivity index (χ4v) is 2.89. The molecule has 0 fully saturated rings. The first-order chi connectivity index (χ1) is 9.65. The number of alkyl halides is 1. The van der Waals surface area contributed by atoms with E-state index < -0.39 is 0 Å². The van der Waals surface area contributed by atoms with E-state index in [1.807, 2.05) is 0 Å². The Kier molecular flexibility index (Phi) is 5.56. The average molecular weight is 305 g/mol. The molecular weight excluding hydrogens is 284 g/mol. The van der Waals surface area contributed by atoms with Gasteiger partial charge in [-0.2, -0.15) is 0 Å². The van der Waals surface area contributed by atoms with Gasteiger partial charge in [-0.05, 0) is 47.4 Å². The van der Waals surface area contributed by atoms with Crippen LogP contribution >= 0.6 is 23.4 Å². The van der Waals surface area contributed by atoms with E-state index in [1.165, 1.54) is 16.9 Å². The van der Waals surface area contributed by atoms with E-state index in [4.69, 9.17) is 11.6 Å². The highest BCUT2D eigenvalue weighted by molar-refractivity contribution is 7.98. The zero-order chi connectivity index (χ0) is 14.5. The third-order valence-corrected chi connectivity index (χ3v) is 5.07. The van der Waals surface area contributed by atoms with Crippen LogP contribution in [0.4, 0.5) is 0 Å². The zero-order valence-corrected chi connectivity index (χ0v) is 13.8. The smallest absolute Gasteiger partial charge is 0.0835 e. The van der Waals surface area contributed by atoms with Crippen LogP contribution in [0.15, 0.2) is 53.4 Å². The number of hydrogen-bond acceptors (Lipinski definition) is 1. The maximum Gasteiger partial charge on any atom is 0.0835 e. The summed E-state index contributed by atoms with van der Waals surface area (Å²) in [6, 6.07) is 17.2. The molecule has 2 unspecified atom stereocenters. The molecule has 0 nitrogen and oxygen atoms in total. The highest BCUT2D eigenvalue weighted by atomic mass is 35.5. The van der Waals surface area contributed by atoms with Gasteiger partial charge in [-0.15, -0.1) is 23.4 Å². The summed E-state index contributed by atoms with van der Waals surface area (Å²) >= 11 is 8.34. The van der Waals surface area contributed by atoms with Gasteiger partial charge in [0.05, 0.1) is 5.38 Å². The molecule has 0 N–H and O–H groups in total. The van der Waals surface area contributed by atoms with Crippen molar-refractivity contribution in [2.75, 3.05) is 6.26 Å². The molecule has 0 spiro atoms. The minimum absolute atomic E-state index is 0.0723. The normalized spacial score (nSPS) is 14.0. The molecular formula is C18H21ClS. The van der Waals surface area contributed by atoms with Crippen LogP contribution in [0.25, 0.3) is 0 Å². The molecule has 0 bridgehead atoms. The summed E-state index contributed by atoms with van der Waals surface area (Å²) in [5.41, 5.74) is 3.70. The second kappa shape index (κ2) is 7.19. The minimum atomic E-state index is -0.0723. The number of halogens is 1. The summed E-state index contributed by atoms with van der Waals surface area (Å²) < 4.78 is 0. The number of rotatable bonds is 5. The topological polar surface area (TPSA) is 0 Å². The van der Waals surface area contributed by atoms with Crippen molar-refractivity contribution in [1.82, 2.24) is 0 Å². The van der Waals surface area contributed by atoms with Gasteiger partial charge in [-0.3, -0.25) is 0 Å². The summed E-state index contributed by atoms with van der Waals surface area (Å²) in [5, 5.41) is -0.0723. The van der Waals surface area contributed by atoms with Crippen LogP contribution in [0.2, 0.25) is 0 Å². The maximum absolute atomic E-state index is 6.59. The lowest BCUT2D eigenvalue weighted by atomic mass is 9.96. The predicted molar refractivity (Wildman–Crippen MR) is 91.1 cm³/mol. The van der Waals surface area contributed by atoms with Crippen molar-refractivity contribution in [3.63, 3.8) is 0 Å². The first-order valence-electron chi connectivity index (χ1n) is 7.03. The molecule has 2 heteroatoms. The molecule has 0 aliphatic rings. The van der Waals surface area contributed by atoms with E-state index in [0.717, 1.165) is 11.1 Å². The molecule has 106 valence electrons. The molecule has 2 aromatic carbocycles. The Morgan fingerprint density at radius 1 is 0.900 bits per heavy atom. The van der Waals surface area contributed by atoms with Gasteiger partial charge in [-0.1, -0.05) is 50.2 Å². The molecule has 0 heterocycles. The van der Waals surface area contributed by atoms with Crippen LogP contribution in [-0.2, 0) is 0 Å². The summed E-state index contributed by atoms with van der Waals surface area (Å²) in [4.78, 5) is 1.27. The fourth-order valence-electron chi connectivity index (χ4n) is 2.19. The van der Waals surface area contributed by atoms with Gasteiger partial charge in [0, 0.05) is 4.90 Å². The SMILES string of the molecule is CCC(C)c1ccc(C(Cl)c2ccc(SC)cc2)cc1. The summed E-state index contributed by atoms with van der Waals surface area (Å²) in [6.45, 7) is 4.48. The molecule has 0 radical (unpaired) electrons. The standard InChI is InChI=1S/C18H21ClS/c1-4-13(2)14-5-7-15(8-6-14)18(19)16-9-11-17(20-3)12-10-16/h5-13,18H,4H2,1-3H3. The lowest BCUT2D eigenvalue weighted by Crippen LogP contribution is -1.95. The van der Waals surface area contributed by atoms with Gasteiger partial charge in [-0.25, -0.2) is 0 Å². The van der Waals surface area contributed by atoms with Gasteiger partial charge < -0.3 is 0 Å². The van der Waals surface area contributed by atoms with Gasteiger partial charge in [0.2, 0.25) is 0 Å². The van der Waals surface area contributed by atoms with Gasteiger partial charge >= 0.3 is 0 Å². The van der Waals surface area contributed by atoms with Crippen molar-refractivity contribution in [2.24, 2.45) is 0 Å². The van der Waals surface area contributed by atoms with Crippen molar-refractivity contribution < 1.29 is 0 Å². The first kappa shape index (κ1) is 15.5. The molecule has 2 aromatic rings. The fraction of sp³-hybridized carbons (Fsp3) is 0.333. The van der Waals surface area contributed by atoms with Gasteiger partial charge in [0.1, 0.15) is 0 Å². The maximum atomic E-state index is 6.59. The average Bonchev–Trinajstić information content (AvgIpc) is 2.53. The first-order valence-corrected chi connectivity index (χ1v) is 8.69. The predicted octanol–water partition coefficient (Wildman–Crippen LogP) is 6.25. The highest BCUT2D eigenvalue weighted by Crippen LogP contribution is 2.31. The summed E-state index contributed by atoms with van der Waals surface area (Å²) in [5.74, 6) is 0.610. The largest absolute Gasteiger partial charge is 0.130 e. The second-order valence-corrected chi connectivity index (χ2v) is 6.43. The third kappa shape index (κ3) is 3.59. The van der Waals surface area contributed by atoms with Gasteiger partial charge in [0.25, 0.3) is 0 Å². The van der Waals surface area contributed by atoms with E-state index >= 15 is 0 Å². The molecule has 0 aromatic heterocycles. The van der Waals surface area contributed by atoms with Crippen LogP contribution < -0.4 is 0 Å². The summed E-state index contributed by atoms with van der Waals surface area (Å²) in [7, 11) is 0. The van der Waals surface area contributed by atoms with Gasteiger partial charge in [0.15, 0.2) is 0 Å². The quantitative estimate of drug-likeness (QED) is 0.464. The van der Waals surface area contributed by atoms with Crippen LogP contribution in [0, 0.1) is 0 Å². The van der Waals surface area contributed by atoms with Crippen LogP contribution in [0.3, 0.4) is 0 Å². The Morgan fingerprint density at radius 3 is 1.80 bits per heavy atom. The lowest BCUT2D eigenvalue weighted by molar-refractivity contribution is 0.733. The second-order valence-electron chi connectivity index (χ2n) is 5.11. The Labute approximate surface area is 131 Å². The number of thioether (sulfide) groups is 1. The van der Waals surface area contributed by atoms with Crippen molar-refractivity contribution >= 4 is 23.4 Å². The number of benzene rings is 2. The molecule has 0 amide bonds. The van der Waals surface area contributed by atoms with Crippen LogP contribution in [0.1, 0.15) is 48.3 Å². The Bertz CT molecular complexity index is 530. The number of hydrogen-bond donors (Lipinski definition) is 0. The van der Waals surface area contributed by atoms with Crippen molar-refractivity contribution in [1.29, 1.82) is 0 Å². The molecule has 0 saturated heterocycles. The molecule has 0 aliphatic heterocycles. The zero-order valence-electron chi connectivity index (χ0n) is 12.3. The Hall–Kier alpha value is -0.920. The van der Waals surface area contributed by atoms with E-state index in [2.05, 4.69) is 68.6 Å². The molecule has 0 aliphatic carbocycles. The van der Waals surface area contributed by atoms with Crippen LogP contribution in [0.5, 0.6) is 0 Å². The minimum Gasteiger partial charge on any atom is -0.130 e. The van der Waals surface area contributed by atoms with Crippen molar-refractivity contribution in [3.8, 4) is 0 Å². The van der Waals surface area contributed by atoms with E-state index in [9.17, 15) is 0 Å². The third-order valence-electron chi connectivity index (χ3n) is 3.82. The molecule has 2 atom stereocenters. The molecule has 0 saturated carbocycles. The van der Waals surface area contributed by atoms with Crippen molar-refractivity contribution in [3.05, 3.63) is 65.2 Å². The monoisotopic (exact) mass is 304 g/mol.